The maximum absolute atomic E-state index is 10.6. The first-order valence-electron chi connectivity index (χ1n) is 4.75. The van der Waals surface area contributed by atoms with Crippen molar-refractivity contribution in [2.45, 2.75) is 13.5 Å². The van der Waals surface area contributed by atoms with Gasteiger partial charge < -0.3 is 5.32 Å². The highest BCUT2D eigenvalue weighted by Crippen LogP contribution is 2.17. The number of tetrazole rings is 1. The average molecular weight is 235 g/mol. The van der Waals surface area contributed by atoms with Crippen molar-refractivity contribution >= 4 is 11.5 Å². The summed E-state index contributed by atoms with van der Waals surface area (Å²) in [5.41, 5.74) is 0.350. The summed E-state index contributed by atoms with van der Waals surface area (Å²) in [4.78, 5) is 14.2. The first kappa shape index (κ1) is 10.9. The van der Waals surface area contributed by atoms with E-state index < -0.39 is 4.92 Å². The zero-order valence-corrected chi connectivity index (χ0v) is 8.91. The van der Waals surface area contributed by atoms with Crippen LogP contribution in [-0.2, 0) is 6.54 Å². The molecular formula is C8H9N7O2. The Balaban J connectivity index is 2.07. The topological polar surface area (TPSA) is 123 Å². The summed E-state index contributed by atoms with van der Waals surface area (Å²) in [6.07, 6.45) is 0. The second-order valence-electron chi connectivity index (χ2n) is 3.24. The van der Waals surface area contributed by atoms with Gasteiger partial charge in [0, 0.05) is 6.07 Å². The van der Waals surface area contributed by atoms with Crippen LogP contribution in [-0.4, -0.2) is 30.5 Å². The van der Waals surface area contributed by atoms with E-state index in [1.165, 1.54) is 12.1 Å². The molecule has 0 aliphatic carbocycles. The van der Waals surface area contributed by atoms with Crippen LogP contribution in [0.2, 0.25) is 0 Å². The monoisotopic (exact) mass is 235 g/mol. The SMILES string of the molecule is Cc1nc(NCc2nn[nH]n2)ccc1[N+](=O)[O-]. The highest BCUT2D eigenvalue weighted by atomic mass is 16.6. The van der Waals surface area contributed by atoms with Gasteiger partial charge in [0.05, 0.1) is 11.5 Å². The normalized spacial score (nSPS) is 10.2. The van der Waals surface area contributed by atoms with Crippen LogP contribution >= 0.6 is 0 Å². The van der Waals surface area contributed by atoms with Gasteiger partial charge in [0.1, 0.15) is 11.5 Å². The third kappa shape index (κ3) is 2.51. The molecule has 2 N–H and O–H groups in total. The van der Waals surface area contributed by atoms with E-state index in [1.54, 1.807) is 6.92 Å². The number of hydrogen-bond acceptors (Lipinski definition) is 7. The summed E-state index contributed by atoms with van der Waals surface area (Å²) in [6.45, 7) is 1.93. The molecule has 0 aromatic carbocycles. The number of rotatable bonds is 4. The molecule has 2 rings (SSSR count). The highest BCUT2D eigenvalue weighted by molar-refractivity contribution is 5.44. The van der Waals surface area contributed by atoms with Crippen LogP contribution < -0.4 is 5.32 Å². The van der Waals surface area contributed by atoms with E-state index in [9.17, 15) is 10.1 Å². The predicted octanol–water partition coefficient (Wildman–Crippen LogP) is 0.423. The summed E-state index contributed by atoms with van der Waals surface area (Å²) < 4.78 is 0. The maximum Gasteiger partial charge on any atom is 0.290 e. The van der Waals surface area contributed by atoms with Crippen molar-refractivity contribution in [2.24, 2.45) is 0 Å². The van der Waals surface area contributed by atoms with Gasteiger partial charge in [-0.15, -0.1) is 10.2 Å². The van der Waals surface area contributed by atoms with Crippen LogP contribution in [0.4, 0.5) is 11.5 Å². The maximum atomic E-state index is 10.6. The summed E-state index contributed by atoms with van der Waals surface area (Å²) in [6, 6.07) is 2.94. The van der Waals surface area contributed by atoms with Crippen LogP contribution in [0.3, 0.4) is 0 Å². The number of nitrogens with one attached hydrogen (secondary N) is 2. The minimum absolute atomic E-state index is 0.00453. The second kappa shape index (κ2) is 4.51. The quantitative estimate of drug-likeness (QED) is 0.581. The number of anilines is 1. The lowest BCUT2D eigenvalue weighted by Gasteiger charge is -2.03. The summed E-state index contributed by atoms with van der Waals surface area (Å²) in [5.74, 6) is 1.01. The van der Waals surface area contributed by atoms with Gasteiger partial charge in [-0.1, -0.05) is 5.21 Å². The first-order valence-corrected chi connectivity index (χ1v) is 4.75. The molecule has 0 radical (unpaired) electrons. The summed E-state index contributed by atoms with van der Waals surface area (Å²) in [5, 5.41) is 26.8. The number of aryl methyl sites for hydroxylation is 1. The van der Waals surface area contributed by atoms with Crippen molar-refractivity contribution in [1.82, 2.24) is 25.6 Å². The van der Waals surface area contributed by atoms with Crippen LogP contribution in [0.1, 0.15) is 11.5 Å². The number of hydrogen-bond donors (Lipinski definition) is 2. The van der Waals surface area contributed by atoms with Crippen molar-refractivity contribution in [1.29, 1.82) is 0 Å². The fraction of sp³-hybridized carbons (Fsp3) is 0.250. The molecule has 2 heterocycles. The van der Waals surface area contributed by atoms with E-state index in [0.29, 0.717) is 23.9 Å². The van der Waals surface area contributed by atoms with Crippen LogP contribution in [0.15, 0.2) is 12.1 Å². The lowest BCUT2D eigenvalue weighted by Crippen LogP contribution is -2.04. The zero-order valence-electron chi connectivity index (χ0n) is 8.91. The molecule has 0 atom stereocenters. The van der Waals surface area contributed by atoms with E-state index in [-0.39, 0.29) is 5.69 Å². The third-order valence-corrected chi connectivity index (χ3v) is 2.07. The Labute approximate surface area is 95.4 Å². The van der Waals surface area contributed by atoms with Crippen molar-refractivity contribution in [3.63, 3.8) is 0 Å². The van der Waals surface area contributed by atoms with Crippen molar-refractivity contribution in [2.75, 3.05) is 5.32 Å². The summed E-state index contributed by atoms with van der Waals surface area (Å²) >= 11 is 0. The van der Waals surface area contributed by atoms with Gasteiger partial charge >= 0.3 is 0 Å². The molecule has 9 nitrogen and oxygen atoms in total. The Morgan fingerprint density at radius 3 is 2.94 bits per heavy atom. The van der Waals surface area contributed by atoms with E-state index in [4.69, 9.17) is 0 Å². The molecule has 0 bridgehead atoms. The molecule has 9 heteroatoms. The highest BCUT2D eigenvalue weighted by Gasteiger charge is 2.11. The molecule has 2 aromatic heterocycles. The van der Waals surface area contributed by atoms with Gasteiger partial charge in [0.2, 0.25) is 0 Å². The molecule has 0 aliphatic heterocycles. The fourth-order valence-electron chi connectivity index (χ4n) is 1.27. The number of aromatic nitrogens is 5. The van der Waals surface area contributed by atoms with E-state index in [1.807, 2.05) is 0 Å². The molecule has 2 aromatic rings. The van der Waals surface area contributed by atoms with Crippen LogP contribution in [0, 0.1) is 17.0 Å². The van der Waals surface area contributed by atoms with Crippen molar-refractivity contribution in [3.05, 3.63) is 33.8 Å². The third-order valence-electron chi connectivity index (χ3n) is 2.07. The van der Waals surface area contributed by atoms with Crippen molar-refractivity contribution in [3.8, 4) is 0 Å². The lowest BCUT2D eigenvalue weighted by atomic mass is 10.3. The zero-order chi connectivity index (χ0) is 12.3. The van der Waals surface area contributed by atoms with E-state index >= 15 is 0 Å². The van der Waals surface area contributed by atoms with Gasteiger partial charge in [-0.2, -0.15) is 5.21 Å². The van der Waals surface area contributed by atoms with Gasteiger partial charge in [-0.05, 0) is 13.0 Å². The summed E-state index contributed by atoms with van der Waals surface area (Å²) in [7, 11) is 0. The Morgan fingerprint density at radius 1 is 1.53 bits per heavy atom. The van der Waals surface area contributed by atoms with Gasteiger partial charge in [-0.25, -0.2) is 4.98 Å². The molecule has 0 saturated carbocycles. The predicted molar refractivity (Wildman–Crippen MR) is 57.1 cm³/mol. The van der Waals surface area contributed by atoms with Gasteiger partial charge in [-0.3, -0.25) is 10.1 Å². The Morgan fingerprint density at radius 2 is 2.35 bits per heavy atom. The number of aromatic amines is 1. The fourth-order valence-corrected chi connectivity index (χ4v) is 1.27. The first-order chi connectivity index (χ1) is 8.16. The minimum atomic E-state index is -0.467. The molecule has 0 aliphatic rings. The molecule has 17 heavy (non-hydrogen) atoms. The number of nitro groups is 1. The van der Waals surface area contributed by atoms with E-state index in [2.05, 4.69) is 30.9 Å². The Kier molecular flexibility index (Phi) is 2.90. The van der Waals surface area contributed by atoms with Gasteiger partial charge in [0.15, 0.2) is 5.82 Å². The second-order valence-corrected chi connectivity index (χ2v) is 3.24. The molecule has 0 fully saturated rings. The Bertz CT molecular complexity index is 525. The van der Waals surface area contributed by atoms with E-state index in [0.717, 1.165) is 0 Å². The molecule has 0 amide bonds. The molecule has 88 valence electrons. The molecule has 0 saturated heterocycles. The number of H-pyrrole nitrogens is 1. The molecule has 0 unspecified atom stereocenters. The van der Waals surface area contributed by atoms with Crippen LogP contribution in [0.25, 0.3) is 0 Å². The largest absolute Gasteiger partial charge is 0.363 e. The number of pyridine rings is 1. The standard InChI is InChI=1S/C8H9N7O2/c1-5-6(15(16)17)2-3-7(10-5)9-4-8-11-13-14-12-8/h2-3H,4H2,1H3,(H,9,10)(H,11,12,13,14). The Hall–Kier alpha value is -2.58. The average Bonchev–Trinajstić information content (AvgIpc) is 2.78. The molecular weight excluding hydrogens is 226 g/mol. The van der Waals surface area contributed by atoms with Gasteiger partial charge in [0.25, 0.3) is 5.69 Å². The van der Waals surface area contributed by atoms with Crippen LogP contribution in [0.5, 0.6) is 0 Å². The lowest BCUT2D eigenvalue weighted by molar-refractivity contribution is -0.385. The van der Waals surface area contributed by atoms with Crippen molar-refractivity contribution < 1.29 is 4.92 Å². The smallest absolute Gasteiger partial charge is 0.290 e. The minimum Gasteiger partial charge on any atom is -0.363 e. The molecule has 0 spiro atoms. The number of nitrogens with zero attached hydrogens (tertiary/aromatic N) is 5.